The Morgan fingerprint density at radius 2 is 1.64 bits per heavy atom. The van der Waals surface area contributed by atoms with Gasteiger partial charge in [0.25, 0.3) is 0 Å². The third-order valence-electron chi connectivity index (χ3n) is 6.42. The van der Waals surface area contributed by atoms with Crippen LogP contribution >= 0.6 is 0 Å². The van der Waals surface area contributed by atoms with Crippen LogP contribution in [0.3, 0.4) is 0 Å². The van der Waals surface area contributed by atoms with E-state index < -0.39 is 11.4 Å². The Kier molecular flexibility index (Phi) is 7.90. The van der Waals surface area contributed by atoms with Gasteiger partial charge in [-0.1, -0.05) is 64.7 Å². The minimum atomic E-state index is -0.698. The van der Waals surface area contributed by atoms with Crippen molar-refractivity contribution in [2.75, 3.05) is 0 Å². The summed E-state index contributed by atoms with van der Waals surface area (Å²) in [4.78, 5) is 11.4. The Morgan fingerprint density at radius 1 is 1.00 bits per heavy atom. The Morgan fingerprint density at radius 3 is 2.32 bits per heavy atom. The average molecular weight is 391 g/mol. The SMILES string of the molecule is CCCCCCCCCCC[C@H]1C[C@@H](O)C[C@]2(CCC3(C=CC(=O)C=C3)O2)O1. The van der Waals surface area contributed by atoms with Crippen LogP contribution in [0.5, 0.6) is 0 Å². The van der Waals surface area contributed by atoms with Gasteiger partial charge in [-0.2, -0.15) is 0 Å². The molecule has 3 atom stereocenters. The van der Waals surface area contributed by atoms with Crippen LogP contribution in [-0.2, 0) is 14.3 Å². The summed E-state index contributed by atoms with van der Waals surface area (Å²) in [5.41, 5.74) is -0.534. The number of aliphatic hydroxyl groups excluding tert-OH is 1. The molecular weight excluding hydrogens is 352 g/mol. The number of ketones is 1. The Balaban J connectivity index is 1.39. The first-order valence-corrected chi connectivity index (χ1v) is 11.5. The lowest BCUT2D eigenvalue weighted by atomic mass is 9.91. The number of rotatable bonds is 10. The largest absolute Gasteiger partial charge is 0.393 e. The lowest BCUT2D eigenvalue weighted by Gasteiger charge is -2.42. The molecule has 2 heterocycles. The molecule has 0 unspecified atom stereocenters. The number of hydrogen-bond donors (Lipinski definition) is 1. The molecule has 0 radical (unpaired) electrons. The van der Waals surface area contributed by atoms with Crippen molar-refractivity contribution in [2.24, 2.45) is 0 Å². The van der Waals surface area contributed by atoms with Gasteiger partial charge in [-0.3, -0.25) is 4.79 Å². The summed E-state index contributed by atoms with van der Waals surface area (Å²) in [6, 6.07) is 0. The fourth-order valence-corrected chi connectivity index (χ4v) is 4.86. The molecule has 2 spiro atoms. The highest BCUT2D eigenvalue weighted by Crippen LogP contribution is 2.47. The summed E-state index contributed by atoms with van der Waals surface area (Å²) < 4.78 is 12.7. The fourth-order valence-electron chi connectivity index (χ4n) is 4.86. The molecule has 0 aromatic carbocycles. The van der Waals surface area contributed by atoms with Gasteiger partial charge >= 0.3 is 0 Å². The zero-order valence-electron chi connectivity index (χ0n) is 17.5. The van der Waals surface area contributed by atoms with E-state index >= 15 is 0 Å². The van der Waals surface area contributed by atoms with Gasteiger partial charge in [-0.15, -0.1) is 0 Å². The third-order valence-corrected chi connectivity index (χ3v) is 6.42. The zero-order chi connectivity index (χ0) is 19.9. The lowest BCUT2D eigenvalue weighted by Crippen LogP contribution is -2.47. The summed E-state index contributed by atoms with van der Waals surface area (Å²) in [7, 11) is 0. The number of aliphatic hydroxyl groups is 1. The second-order valence-electron chi connectivity index (χ2n) is 8.99. The topological polar surface area (TPSA) is 55.8 Å². The maximum atomic E-state index is 11.4. The highest BCUT2D eigenvalue weighted by atomic mass is 16.7. The van der Waals surface area contributed by atoms with Crippen molar-refractivity contribution in [2.45, 2.75) is 120 Å². The van der Waals surface area contributed by atoms with Crippen LogP contribution in [-0.4, -0.2) is 34.5 Å². The van der Waals surface area contributed by atoms with Crippen molar-refractivity contribution in [3.63, 3.8) is 0 Å². The number of hydrogen-bond acceptors (Lipinski definition) is 4. The molecule has 0 aromatic rings. The maximum Gasteiger partial charge on any atom is 0.178 e. The first kappa shape index (κ1) is 21.7. The van der Waals surface area contributed by atoms with Gasteiger partial charge in [-0.25, -0.2) is 0 Å². The molecule has 2 saturated heterocycles. The zero-order valence-corrected chi connectivity index (χ0v) is 17.5. The molecule has 4 heteroatoms. The average Bonchev–Trinajstić information content (AvgIpc) is 3.00. The standard InChI is InChI=1S/C24H38O4/c1-2-3-4-5-6-7-8-9-10-11-22-18-21(26)19-24(27-22)17-16-23(28-24)14-12-20(25)13-15-23/h12-15,21-22,26H,2-11,16-19H2,1H3/t21-,22+,24-/m1/s1. The molecule has 3 aliphatic rings. The van der Waals surface area contributed by atoms with Gasteiger partial charge in [0.1, 0.15) is 5.60 Å². The van der Waals surface area contributed by atoms with E-state index in [-0.39, 0.29) is 18.0 Å². The minimum absolute atomic E-state index is 0.00279. The fraction of sp³-hybridized carbons (Fsp3) is 0.792. The molecule has 3 rings (SSSR count). The van der Waals surface area contributed by atoms with Crippen LogP contribution in [0, 0.1) is 0 Å². The van der Waals surface area contributed by atoms with E-state index in [1.165, 1.54) is 51.4 Å². The second-order valence-corrected chi connectivity index (χ2v) is 8.99. The number of allylic oxidation sites excluding steroid dienone is 2. The molecule has 1 N–H and O–H groups in total. The number of carbonyl (C=O) groups excluding carboxylic acids is 1. The Bertz CT molecular complexity index is 551. The van der Waals surface area contributed by atoms with Crippen LogP contribution in [0.2, 0.25) is 0 Å². The molecule has 2 fully saturated rings. The van der Waals surface area contributed by atoms with Crippen molar-refractivity contribution in [3.05, 3.63) is 24.3 Å². The number of unbranched alkanes of at least 4 members (excludes halogenated alkanes) is 8. The molecule has 158 valence electrons. The van der Waals surface area contributed by atoms with E-state index in [2.05, 4.69) is 6.92 Å². The van der Waals surface area contributed by atoms with E-state index in [0.29, 0.717) is 12.8 Å². The summed E-state index contributed by atoms with van der Waals surface area (Å²) in [6.45, 7) is 2.26. The van der Waals surface area contributed by atoms with Crippen LogP contribution < -0.4 is 0 Å². The van der Waals surface area contributed by atoms with Crippen molar-refractivity contribution in [1.29, 1.82) is 0 Å². The molecular formula is C24H38O4. The molecule has 2 aliphatic heterocycles. The van der Waals surface area contributed by atoms with E-state index in [9.17, 15) is 9.90 Å². The summed E-state index contributed by atoms with van der Waals surface area (Å²) in [5, 5.41) is 10.4. The smallest absolute Gasteiger partial charge is 0.178 e. The molecule has 0 aromatic heterocycles. The van der Waals surface area contributed by atoms with Gasteiger partial charge in [0.05, 0.1) is 12.2 Å². The highest BCUT2D eigenvalue weighted by molar-refractivity contribution is 6.00. The monoisotopic (exact) mass is 390 g/mol. The second kappa shape index (κ2) is 10.2. The number of carbonyl (C=O) groups is 1. The molecule has 0 bridgehead atoms. The van der Waals surface area contributed by atoms with E-state index in [1.807, 2.05) is 12.2 Å². The van der Waals surface area contributed by atoms with Crippen molar-refractivity contribution < 1.29 is 19.4 Å². The predicted octanol–water partition coefficient (Wildman–Crippen LogP) is 5.39. The van der Waals surface area contributed by atoms with Crippen molar-refractivity contribution >= 4 is 5.78 Å². The Labute approximate surface area is 170 Å². The van der Waals surface area contributed by atoms with Crippen LogP contribution in [0.4, 0.5) is 0 Å². The predicted molar refractivity (Wildman–Crippen MR) is 111 cm³/mol. The van der Waals surface area contributed by atoms with Gasteiger partial charge in [0.15, 0.2) is 11.6 Å². The molecule has 0 amide bonds. The van der Waals surface area contributed by atoms with Crippen molar-refractivity contribution in [3.8, 4) is 0 Å². The molecule has 0 saturated carbocycles. The van der Waals surface area contributed by atoms with E-state index in [1.54, 1.807) is 12.2 Å². The van der Waals surface area contributed by atoms with Crippen LogP contribution in [0.15, 0.2) is 24.3 Å². The summed E-state index contributed by atoms with van der Waals surface area (Å²) in [5.74, 6) is -0.695. The maximum absolute atomic E-state index is 11.4. The minimum Gasteiger partial charge on any atom is -0.393 e. The quantitative estimate of drug-likeness (QED) is 0.508. The first-order chi connectivity index (χ1) is 13.5. The Hall–Kier alpha value is -0.970. The van der Waals surface area contributed by atoms with Crippen LogP contribution in [0.25, 0.3) is 0 Å². The first-order valence-electron chi connectivity index (χ1n) is 11.5. The van der Waals surface area contributed by atoms with Crippen LogP contribution in [0.1, 0.15) is 96.8 Å². The van der Waals surface area contributed by atoms with E-state index in [4.69, 9.17) is 9.47 Å². The van der Waals surface area contributed by atoms with Crippen molar-refractivity contribution in [1.82, 2.24) is 0 Å². The number of ether oxygens (including phenoxy) is 2. The highest BCUT2D eigenvalue weighted by Gasteiger charge is 2.52. The van der Waals surface area contributed by atoms with Gasteiger partial charge in [0.2, 0.25) is 0 Å². The molecule has 4 nitrogen and oxygen atoms in total. The van der Waals surface area contributed by atoms with E-state index in [0.717, 1.165) is 25.7 Å². The van der Waals surface area contributed by atoms with Gasteiger partial charge < -0.3 is 14.6 Å². The van der Waals surface area contributed by atoms with Gasteiger partial charge in [-0.05, 0) is 43.6 Å². The summed E-state index contributed by atoms with van der Waals surface area (Å²) >= 11 is 0. The summed E-state index contributed by atoms with van der Waals surface area (Å²) in [6.07, 6.45) is 22.2. The normalized spacial score (nSPS) is 31.3. The van der Waals surface area contributed by atoms with Gasteiger partial charge in [0, 0.05) is 12.8 Å². The molecule has 1 aliphatic carbocycles. The molecule has 28 heavy (non-hydrogen) atoms. The lowest BCUT2D eigenvalue weighted by molar-refractivity contribution is -0.292. The third kappa shape index (κ3) is 6.01.